The zero-order chi connectivity index (χ0) is 15.1. The number of piperazine rings is 1. The van der Waals surface area contributed by atoms with E-state index in [1.54, 1.807) is 7.11 Å². The maximum Gasteiger partial charge on any atom is 0.222 e. The smallest absolute Gasteiger partial charge is 0.222 e. The van der Waals surface area contributed by atoms with E-state index >= 15 is 0 Å². The Kier molecular flexibility index (Phi) is 5.87. The van der Waals surface area contributed by atoms with Crippen LogP contribution < -0.4 is 9.47 Å². The number of likely N-dealkylation sites (N-methyl/N-ethyl adjacent to an activating group) is 1. The summed E-state index contributed by atoms with van der Waals surface area (Å²) in [5.74, 6) is 1.86. The predicted molar refractivity (Wildman–Crippen MR) is 81.8 cm³/mol. The minimum atomic E-state index is 0.237. The van der Waals surface area contributed by atoms with Crippen LogP contribution in [0.3, 0.4) is 0 Å². The van der Waals surface area contributed by atoms with Crippen molar-refractivity contribution >= 4 is 5.91 Å². The molecule has 1 heterocycles. The highest BCUT2D eigenvalue weighted by Gasteiger charge is 2.18. The van der Waals surface area contributed by atoms with Gasteiger partial charge in [-0.25, -0.2) is 0 Å². The van der Waals surface area contributed by atoms with Gasteiger partial charge < -0.3 is 19.3 Å². The van der Waals surface area contributed by atoms with Crippen LogP contribution in [0.2, 0.25) is 0 Å². The molecule has 21 heavy (non-hydrogen) atoms. The minimum Gasteiger partial charge on any atom is -0.497 e. The third-order valence-electron chi connectivity index (χ3n) is 3.72. The van der Waals surface area contributed by atoms with Gasteiger partial charge >= 0.3 is 0 Å². The van der Waals surface area contributed by atoms with Crippen LogP contribution in [0.25, 0.3) is 0 Å². The number of nitrogens with zero attached hydrogens (tertiary/aromatic N) is 2. The lowest BCUT2D eigenvalue weighted by molar-refractivity contribution is -0.133. The van der Waals surface area contributed by atoms with E-state index in [1.807, 2.05) is 29.2 Å². The molecule has 1 amide bonds. The SMILES string of the molecule is COc1ccc(OCCCC(=O)N2CCN(C)CC2)cc1. The molecule has 1 aromatic carbocycles. The van der Waals surface area contributed by atoms with E-state index in [0.717, 1.165) is 44.1 Å². The number of rotatable bonds is 6. The number of hydrogen-bond donors (Lipinski definition) is 0. The van der Waals surface area contributed by atoms with Crippen LogP contribution in [0.5, 0.6) is 11.5 Å². The van der Waals surface area contributed by atoms with Gasteiger partial charge in [-0.1, -0.05) is 0 Å². The van der Waals surface area contributed by atoms with Crippen molar-refractivity contribution in [2.24, 2.45) is 0 Å². The van der Waals surface area contributed by atoms with Crippen LogP contribution >= 0.6 is 0 Å². The molecule has 0 aromatic heterocycles. The molecule has 0 N–H and O–H groups in total. The molecule has 0 spiro atoms. The Morgan fingerprint density at radius 1 is 1.10 bits per heavy atom. The largest absolute Gasteiger partial charge is 0.497 e. The van der Waals surface area contributed by atoms with Gasteiger partial charge in [-0.15, -0.1) is 0 Å². The fraction of sp³-hybridized carbons (Fsp3) is 0.562. The summed E-state index contributed by atoms with van der Waals surface area (Å²) in [6.07, 6.45) is 1.30. The normalized spacial score (nSPS) is 15.8. The molecular weight excluding hydrogens is 268 g/mol. The molecule has 0 bridgehead atoms. The van der Waals surface area contributed by atoms with Gasteiger partial charge in [0.15, 0.2) is 0 Å². The second-order valence-corrected chi connectivity index (χ2v) is 5.31. The van der Waals surface area contributed by atoms with Gasteiger partial charge in [-0.3, -0.25) is 4.79 Å². The van der Waals surface area contributed by atoms with Crippen LogP contribution in [-0.2, 0) is 4.79 Å². The van der Waals surface area contributed by atoms with Crippen molar-refractivity contribution in [3.05, 3.63) is 24.3 Å². The summed E-state index contributed by atoms with van der Waals surface area (Å²) in [7, 11) is 3.73. The Bertz CT molecular complexity index is 439. The van der Waals surface area contributed by atoms with Crippen molar-refractivity contribution in [2.45, 2.75) is 12.8 Å². The molecule has 0 aliphatic carbocycles. The quantitative estimate of drug-likeness (QED) is 0.747. The summed E-state index contributed by atoms with van der Waals surface area (Å²) in [5.41, 5.74) is 0. The summed E-state index contributed by atoms with van der Waals surface area (Å²) in [4.78, 5) is 16.2. The first-order valence-electron chi connectivity index (χ1n) is 7.42. The van der Waals surface area contributed by atoms with E-state index in [-0.39, 0.29) is 5.91 Å². The number of ether oxygens (including phenoxy) is 2. The first-order chi connectivity index (χ1) is 10.2. The summed E-state index contributed by atoms with van der Waals surface area (Å²) < 4.78 is 10.7. The molecule has 2 rings (SSSR count). The molecule has 0 radical (unpaired) electrons. The molecule has 5 heteroatoms. The summed E-state index contributed by atoms with van der Waals surface area (Å²) in [6, 6.07) is 7.48. The van der Waals surface area contributed by atoms with Crippen LogP contribution in [0.15, 0.2) is 24.3 Å². The zero-order valence-corrected chi connectivity index (χ0v) is 12.9. The van der Waals surface area contributed by atoms with E-state index in [9.17, 15) is 4.79 Å². The first-order valence-corrected chi connectivity index (χ1v) is 7.42. The fourth-order valence-corrected chi connectivity index (χ4v) is 2.30. The average molecular weight is 292 g/mol. The van der Waals surface area contributed by atoms with Crippen LogP contribution in [0.4, 0.5) is 0 Å². The highest BCUT2D eigenvalue weighted by molar-refractivity contribution is 5.76. The van der Waals surface area contributed by atoms with Crippen molar-refractivity contribution in [1.82, 2.24) is 9.80 Å². The van der Waals surface area contributed by atoms with Gasteiger partial charge in [-0.05, 0) is 37.7 Å². The standard InChI is InChI=1S/C16H24N2O3/c1-17-9-11-18(12-10-17)16(19)4-3-13-21-15-7-5-14(20-2)6-8-15/h5-8H,3-4,9-13H2,1-2H3. The molecular formula is C16H24N2O3. The van der Waals surface area contributed by atoms with Crippen LogP contribution in [-0.4, -0.2) is 62.7 Å². The van der Waals surface area contributed by atoms with Crippen molar-refractivity contribution in [1.29, 1.82) is 0 Å². The summed E-state index contributed by atoms with van der Waals surface area (Å²) in [5, 5.41) is 0. The Morgan fingerprint density at radius 2 is 1.71 bits per heavy atom. The Morgan fingerprint density at radius 3 is 2.33 bits per heavy atom. The molecule has 0 saturated carbocycles. The van der Waals surface area contributed by atoms with Gasteiger partial charge in [-0.2, -0.15) is 0 Å². The third-order valence-corrected chi connectivity index (χ3v) is 3.72. The molecule has 1 aliphatic heterocycles. The van der Waals surface area contributed by atoms with Gasteiger partial charge in [0.2, 0.25) is 5.91 Å². The van der Waals surface area contributed by atoms with E-state index < -0.39 is 0 Å². The van der Waals surface area contributed by atoms with Crippen molar-refractivity contribution in [3.8, 4) is 11.5 Å². The highest BCUT2D eigenvalue weighted by atomic mass is 16.5. The molecule has 0 unspecified atom stereocenters. The Balaban J connectivity index is 1.63. The molecule has 1 aromatic rings. The molecule has 1 aliphatic rings. The average Bonchev–Trinajstić information content (AvgIpc) is 2.52. The lowest BCUT2D eigenvalue weighted by Crippen LogP contribution is -2.47. The summed E-state index contributed by atoms with van der Waals surface area (Å²) >= 11 is 0. The second kappa shape index (κ2) is 7.88. The van der Waals surface area contributed by atoms with Crippen molar-refractivity contribution < 1.29 is 14.3 Å². The topological polar surface area (TPSA) is 42.0 Å². The van der Waals surface area contributed by atoms with E-state index in [4.69, 9.17) is 9.47 Å². The number of methoxy groups -OCH3 is 1. The number of benzene rings is 1. The molecule has 1 fully saturated rings. The van der Waals surface area contributed by atoms with Gasteiger partial charge in [0.1, 0.15) is 11.5 Å². The van der Waals surface area contributed by atoms with Crippen LogP contribution in [0, 0.1) is 0 Å². The number of amides is 1. The fourth-order valence-electron chi connectivity index (χ4n) is 2.30. The zero-order valence-electron chi connectivity index (χ0n) is 12.9. The Labute approximate surface area is 126 Å². The minimum absolute atomic E-state index is 0.237. The number of carbonyl (C=O) groups excluding carboxylic acids is 1. The van der Waals surface area contributed by atoms with Crippen LogP contribution in [0.1, 0.15) is 12.8 Å². The number of hydrogen-bond acceptors (Lipinski definition) is 4. The summed E-state index contributed by atoms with van der Waals surface area (Å²) in [6.45, 7) is 4.18. The lowest BCUT2D eigenvalue weighted by Gasteiger charge is -2.32. The second-order valence-electron chi connectivity index (χ2n) is 5.31. The predicted octanol–water partition coefficient (Wildman–Crippen LogP) is 1.63. The third kappa shape index (κ3) is 4.93. The highest BCUT2D eigenvalue weighted by Crippen LogP contribution is 2.17. The van der Waals surface area contributed by atoms with Gasteiger partial charge in [0.05, 0.1) is 13.7 Å². The molecule has 0 atom stereocenters. The molecule has 5 nitrogen and oxygen atoms in total. The van der Waals surface area contributed by atoms with E-state index in [2.05, 4.69) is 11.9 Å². The molecule has 116 valence electrons. The van der Waals surface area contributed by atoms with Gasteiger partial charge in [0, 0.05) is 32.6 Å². The maximum atomic E-state index is 12.0. The van der Waals surface area contributed by atoms with Gasteiger partial charge in [0.25, 0.3) is 0 Å². The molecule has 1 saturated heterocycles. The first kappa shape index (κ1) is 15.6. The Hall–Kier alpha value is -1.75. The van der Waals surface area contributed by atoms with E-state index in [0.29, 0.717) is 13.0 Å². The van der Waals surface area contributed by atoms with Crippen molar-refractivity contribution in [2.75, 3.05) is 46.9 Å². The maximum absolute atomic E-state index is 12.0. The van der Waals surface area contributed by atoms with Crippen molar-refractivity contribution in [3.63, 3.8) is 0 Å². The van der Waals surface area contributed by atoms with E-state index in [1.165, 1.54) is 0 Å². The monoisotopic (exact) mass is 292 g/mol. The lowest BCUT2D eigenvalue weighted by atomic mass is 10.2. The number of carbonyl (C=O) groups is 1.